The van der Waals surface area contributed by atoms with Crippen molar-refractivity contribution in [3.8, 4) is 23.2 Å². The lowest BCUT2D eigenvalue weighted by molar-refractivity contribution is -0.133. The fourth-order valence-electron chi connectivity index (χ4n) is 3.40. The van der Waals surface area contributed by atoms with Crippen LogP contribution >= 0.6 is 11.6 Å². The van der Waals surface area contributed by atoms with Crippen molar-refractivity contribution in [2.45, 2.75) is 12.5 Å². The molecule has 1 heterocycles. The molecule has 0 saturated carbocycles. The average Bonchev–Trinajstić information content (AvgIpc) is 2.82. The number of methoxy groups -OCH3 is 1. The number of pyridine rings is 1. The number of carbonyl (C=O) groups is 2. The van der Waals surface area contributed by atoms with Crippen molar-refractivity contribution in [1.82, 2.24) is 15.2 Å². The molecule has 0 fully saturated rings. The molecule has 0 radical (unpaired) electrons. The van der Waals surface area contributed by atoms with Crippen LogP contribution in [-0.2, 0) is 10.3 Å². The van der Waals surface area contributed by atoms with E-state index in [0.717, 1.165) is 26.1 Å². The zero-order chi connectivity index (χ0) is 25.0. The maximum absolute atomic E-state index is 14.9. The fraction of sp³-hybridized carbons (Fsp3) is 0.167. The van der Waals surface area contributed by atoms with Gasteiger partial charge in [-0.2, -0.15) is 5.26 Å². The summed E-state index contributed by atoms with van der Waals surface area (Å²) in [6.45, 7) is 1.11. The predicted octanol–water partition coefficient (Wildman–Crippen LogP) is 4.27. The summed E-state index contributed by atoms with van der Waals surface area (Å²) in [5, 5.41) is 12.0. The molecule has 0 aliphatic heterocycles. The van der Waals surface area contributed by atoms with Crippen LogP contribution in [-0.4, -0.2) is 35.9 Å². The van der Waals surface area contributed by atoms with Crippen molar-refractivity contribution >= 4 is 23.4 Å². The summed E-state index contributed by atoms with van der Waals surface area (Å²) in [5.41, 5.74) is -1.84. The van der Waals surface area contributed by atoms with Crippen LogP contribution in [0.5, 0.6) is 5.75 Å². The lowest BCUT2D eigenvalue weighted by atomic mass is 9.88. The number of carbonyl (C=O) groups excluding carboxylic acids is 2. The molecule has 2 aromatic carbocycles. The lowest BCUT2D eigenvalue weighted by Crippen LogP contribution is -2.54. The molecule has 0 saturated heterocycles. The first-order valence-corrected chi connectivity index (χ1v) is 10.2. The maximum atomic E-state index is 14.9. The first kappa shape index (κ1) is 24.6. The normalized spacial score (nSPS) is 12.3. The molecular weight excluding hydrogens is 466 g/mol. The molecule has 7 nitrogen and oxygen atoms in total. The van der Waals surface area contributed by atoms with E-state index < -0.39 is 34.6 Å². The Hall–Kier alpha value is -4.03. The molecule has 2 amide bonds. The molecule has 1 aromatic heterocycles. The predicted molar refractivity (Wildman–Crippen MR) is 121 cm³/mol. The van der Waals surface area contributed by atoms with Crippen LogP contribution < -0.4 is 10.1 Å². The largest absolute Gasteiger partial charge is 0.497 e. The van der Waals surface area contributed by atoms with E-state index in [9.17, 15) is 18.4 Å². The van der Waals surface area contributed by atoms with Crippen molar-refractivity contribution in [3.05, 3.63) is 82.5 Å². The van der Waals surface area contributed by atoms with Crippen LogP contribution in [0.15, 0.2) is 54.7 Å². The van der Waals surface area contributed by atoms with Gasteiger partial charge in [0.1, 0.15) is 22.9 Å². The molecule has 0 bridgehead atoms. The van der Waals surface area contributed by atoms with Gasteiger partial charge in [-0.3, -0.25) is 14.6 Å². The van der Waals surface area contributed by atoms with Gasteiger partial charge in [-0.25, -0.2) is 13.7 Å². The third-order valence-corrected chi connectivity index (χ3v) is 5.50. The van der Waals surface area contributed by atoms with Crippen molar-refractivity contribution in [2.24, 2.45) is 0 Å². The van der Waals surface area contributed by atoms with Gasteiger partial charge in [-0.05, 0) is 25.1 Å². The zero-order valence-corrected chi connectivity index (χ0v) is 19.2. The maximum Gasteiger partial charge on any atom is 0.265 e. The minimum absolute atomic E-state index is 0.0174. The number of ether oxygens (including phenoxy) is 1. The van der Waals surface area contributed by atoms with Crippen LogP contribution in [0.2, 0.25) is 5.02 Å². The van der Waals surface area contributed by atoms with Crippen molar-refractivity contribution in [3.63, 3.8) is 0 Å². The number of amides is 2. The molecule has 3 rings (SSSR count). The Morgan fingerprint density at radius 3 is 2.35 bits per heavy atom. The number of nitriles is 1. The highest BCUT2D eigenvalue weighted by Gasteiger charge is 2.44. The van der Waals surface area contributed by atoms with E-state index in [0.29, 0.717) is 21.2 Å². The Morgan fingerprint density at radius 1 is 1.18 bits per heavy atom. The lowest BCUT2D eigenvalue weighted by Gasteiger charge is -2.32. The molecule has 0 spiro atoms. The van der Waals surface area contributed by atoms with E-state index in [1.165, 1.54) is 19.4 Å². The molecule has 1 N–H and O–H groups in total. The SMILES string of the molecule is COc1cc(F)c([C@](C)(NC(=O)c2ccc(-c3ccccc3Cl)nc2)C(=O)N(C)C#N)c(F)c1. The van der Waals surface area contributed by atoms with E-state index >= 15 is 0 Å². The Labute approximate surface area is 199 Å². The van der Waals surface area contributed by atoms with Gasteiger partial charge in [0.2, 0.25) is 0 Å². The van der Waals surface area contributed by atoms with E-state index in [1.807, 2.05) is 0 Å². The minimum atomic E-state index is -2.26. The summed E-state index contributed by atoms with van der Waals surface area (Å²) in [6.07, 6.45) is 2.83. The Bertz CT molecular complexity index is 1270. The number of hydrogen-bond acceptors (Lipinski definition) is 5. The summed E-state index contributed by atoms with van der Waals surface area (Å²) in [5.74, 6) is -4.27. The summed E-state index contributed by atoms with van der Waals surface area (Å²) >= 11 is 6.18. The summed E-state index contributed by atoms with van der Waals surface area (Å²) in [4.78, 5) is 30.8. The molecule has 0 aliphatic rings. The topological polar surface area (TPSA) is 95.3 Å². The van der Waals surface area contributed by atoms with Crippen molar-refractivity contribution in [2.75, 3.05) is 14.2 Å². The number of hydrogen-bond donors (Lipinski definition) is 1. The number of aromatic nitrogens is 1. The van der Waals surface area contributed by atoms with Crippen LogP contribution in [0, 0.1) is 23.1 Å². The quantitative estimate of drug-likeness (QED) is 0.416. The minimum Gasteiger partial charge on any atom is -0.497 e. The van der Waals surface area contributed by atoms with Gasteiger partial charge < -0.3 is 10.1 Å². The van der Waals surface area contributed by atoms with Crippen molar-refractivity contribution in [1.29, 1.82) is 5.26 Å². The van der Waals surface area contributed by atoms with Gasteiger partial charge in [-0.1, -0.05) is 29.8 Å². The molecule has 0 aliphatic carbocycles. The molecule has 3 aromatic rings. The smallest absolute Gasteiger partial charge is 0.265 e. The van der Waals surface area contributed by atoms with Crippen LogP contribution in [0.4, 0.5) is 8.78 Å². The standard InChI is InChI=1S/C24H19ClF2N4O3/c1-24(23(33)31(2)13-28,21-18(26)10-15(34-3)11-19(21)27)30-22(32)14-8-9-20(29-12-14)16-6-4-5-7-17(16)25/h4-12H,1-3H3,(H,30,32)/t24-/m0/s1. The third-order valence-electron chi connectivity index (χ3n) is 5.17. The van der Waals surface area contributed by atoms with E-state index in [1.54, 1.807) is 36.5 Å². The number of nitrogens with zero attached hydrogens (tertiary/aromatic N) is 3. The second-order valence-electron chi connectivity index (χ2n) is 7.42. The molecule has 10 heteroatoms. The third kappa shape index (κ3) is 4.67. The molecular formula is C24H19ClF2N4O3. The van der Waals surface area contributed by atoms with Crippen LogP contribution in [0.3, 0.4) is 0 Å². The average molecular weight is 485 g/mol. The highest BCUT2D eigenvalue weighted by Crippen LogP contribution is 2.32. The highest BCUT2D eigenvalue weighted by molar-refractivity contribution is 6.33. The van der Waals surface area contributed by atoms with Gasteiger partial charge in [-0.15, -0.1) is 0 Å². The van der Waals surface area contributed by atoms with Gasteiger partial charge in [0.05, 0.1) is 23.9 Å². The Kier molecular flexibility index (Phi) is 7.13. The first-order chi connectivity index (χ1) is 16.1. The summed E-state index contributed by atoms with van der Waals surface area (Å²) < 4.78 is 34.7. The number of rotatable bonds is 6. The van der Waals surface area contributed by atoms with Gasteiger partial charge >= 0.3 is 0 Å². The molecule has 1 atom stereocenters. The number of likely N-dealkylation sites (N-methyl/N-ethyl adjacent to an activating group) is 1. The first-order valence-electron chi connectivity index (χ1n) is 9.87. The second-order valence-corrected chi connectivity index (χ2v) is 7.83. The van der Waals surface area contributed by atoms with Crippen LogP contribution in [0.1, 0.15) is 22.8 Å². The van der Waals surface area contributed by atoms with E-state index in [2.05, 4.69) is 10.3 Å². The van der Waals surface area contributed by atoms with Gasteiger partial charge in [0, 0.05) is 36.0 Å². The Balaban J connectivity index is 2.01. The molecule has 34 heavy (non-hydrogen) atoms. The number of benzene rings is 2. The van der Waals surface area contributed by atoms with Crippen molar-refractivity contribution < 1.29 is 23.1 Å². The summed E-state index contributed by atoms with van der Waals surface area (Å²) in [6, 6.07) is 11.7. The molecule has 0 unspecified atom stereocenters. The zero-order valence-electron chi connectivity index (χ0n) is 18.4. The number of halogens is 3. The van der Waals surface area contributed by atoms with Gasteiger partial charge in [0.25, 0.3) is 11.8 Å². The Morgan fingerprint density at radius 2 is 1.82 bits per heavy atom. The van der Waals surface area contributed by atoms with E-state index in [4.69, 9.17) is 21.6 Å². The summed E-state index contributed by atoms with van der Waals surface area (Å²) in [7, 11) is 2.34. The fourth-order valence-corrected chi connectivity index (χ4v) is 3.64. The second kappa shape index (κ2) is 9.85. The highest BCUT2D eigenvalue weighted by atomic mass is 35.5. The monoisotopic (exact) mass is 484 g/mol. The van der Waals surface area contributed by atoms with Crippen LogP contribution in [0.25, 0.3) is 11.3 Å². The van der Waals surface area contributed by atoms with Gasteiger partial charge in [0.15, 0.2) is 6.19 Å². The molecule has 174 valence electrons. The van der Waals surface area contributed by atoms with E-state index in [-0.39, 0.29) is 11.3 Å². The number of nitrogens with one attached hydrogen (secondary N) is 1.